The van der Waals surface area contributed by atoms with Gasteiger partial charge in [-0.2, -0.15) is 0 Å². The number of amides is 1. The molecule has 35 heavy (non-hydrogen) atoms. The first kappa shape index (κ1) is 23.6. The van der Waals surface area contributed by atoms with E-state index in [1.807, 2.05) is 73.8 Å². The molecule has 6 nitrogen and oxygen atoms in total. The van der Waals surface area contributed by atoms with Crippen LogP contribution in [0.25, 0.3) is 0 Å². The average Bonchev–Trinajstić information content (AvgIpc) is 3.22. The molecule has 0 unspecified atom stereocenters. The van der Waals surface area contributed by atoms with Gasteiger partial charge < -0.3 is 19.5 Å². The van der Waals surface area contributed by atoms with Gasteiger partial charge in [0.2, 0.25) is 5.90 Å². The molecule has 3 aromatic rings. The van der Waals surface area contributed by atoms with Gasteiger partial charge in [-0.05, 0) is 47.5 Å². The summed E-state index contributed by atoms with van der Waals surface area (Å²) in [5.41, 5.74) is 2.75. The third kappa shape index (κ3) is 4.58. The molecule has 5 rings (SSSR count). The number of fused-ring (bicyclic) bond motifs is 3. The van der Waals surface area contributed by atoms with Crippen molar-refractivity contribution in [2.45, 2.75) is 31.0 Å². The lowest BCUT2D eigenvalue weighted by Crippen LogP contribution is -2.48. The Labute approximate surface area is 213 Å². The lowest BCUT2D eigenvalue weighted by Gasteiger charge is -2.31. The number of benzene rings is 3. The maximum Gasteiger partial charge on any atom is 0.255 e. The van der Waals surface area contributed by atoms with Crippen molar-refractivity contribution < 1.29 is 19.4 Å². The van der Waals surface area contributed by atoms with Gasteiger partial charge >= 0.3 is 0 Å². The summed E-state index contributed by atoms with van der Waals surface area (Å²) in [6, 6.07) is 23.6. The highest BCUT2D eigenvalue weighted by molar-refractivity contribution is 9.10. The molecule has 7 heteroatoms. The van der Waals surface area contributed by atoms with Crippen LogP contribution >= 0.6 is 15.9 Å². The van der Waals surface area contributed by atoms with Crippen molar-refractivity contribution in [2.24, 2.45) is 4.99 Å². The molecule has 2 heterocycles. The van der Waals surface area contributed by atoms with Crippen molar-refractivity contribution in [3.8, 4) is 5.75 Å². The number of likely N-dealkylation sites (N-methyl/N-ethyl adjacent to an activating group) is 1. The minimum Gasteiger partial charge on any atom is -0.494 e. The zero-order valence-corrected chi connectivity index (χ0v) is 21.1. The van der Waals surface area contributed by atoms with E-state index in [0.29, 0.717) is 37.6 Å². The van der Waals surface area contributed by atoms with Gasteiger partial charge in [0, 0.05) is 48.6 Å². The molecule has 0 aromatic heterocycles. The van der Waals surface area contributed by atoms with Gasteiger partial charge in [0.25, 0.3) is 5.91 Å². The second-order valence-corrected chi connectivity index (χ2v) is 9.87. The Morgan fingerprint density at radius 1 is 1.11 bits per heavy atom. The summed E-state index contributed by atoms with van der Waals surface area (Å²) in [4.78, 5) is 20.8. The van der Waals surface area contributed by atoms with Crippen molar-refractivity contribution in [3.63, 3.8) is 0 Å². The molecular weight excluding hydrogens is 508 g/mol. The Bertz CT molecular complexity index is 1240. The quantitative estimate of drug-likeness (QED) is 0.446. The fourth-order valence-corrected chi connectivity index (χ4v) is 5.01. The Balaban J connectivity index is 1.56. The molecule has 0 fully saturated rings. The molecule has 0 aliphatic carbocycles. The number of hydrogen-bond donors (Lipinski definition) is 1. The number of rotatable bonds is 7. The van der Waals surface area contributed by atoms with Crippen LogP contribution in [-0.4, -0.2) is 47.6 Å². The molecule has 180 valence electrons. The summed E-state index contributed by atoms with van der Waals surface area (Å²) in [5, 5.41) is 8.96. The van der Waals surface area contributed by atoms with E-state index < -0.39 is 11.6 Å². The Hall–Kier alpha value is -3.16. The number of nitrogens with zero attached hydrogens (tertiary/aromatic N) is 2. The first-order valence-electron chi connectivity index (χ1n) is 11.7. The molecule has 1 amide bonds. The van der Waals surface area contributed by atoms with Crippen LogP contribution in [0.3, 0.4) is 0 Å². The van der Waals surface area contributed by atoms with E-state index in [0.717, 1.165) is 26.7 Å². The van der Waals surface area contributed by atoms with Crippen LogP contribution in [0.1, 0.15) is 34.8 Å². The lowest BCUT2D eigenvalue weighted by atomic mass is 9.82. The van der Waals surface area contributed by atoms with E-state index in [9.17, 15) is 4.79 Å². The molecule has 0 saturated carbocycles. The molecule has 0 bridgehead atoms. The summed E-state index contributed by atoms with van der Waals surface area (Å²) < 4.78 is 13.2. The van der Waals surface area contributed by atoms with Crippen molar-refractivity contribution in [1.29, 1.82) is 0 Å². The second kappa shape index (κ2) is 9.84. The first-order valence-corrected chi connectivity index (χ1v) is 12.5. The molecule has 0 saturated heterocycles. The number of carbonyl (C=O) groups is 1. The fraction of sp³-hybridized carbons (Fsp3) is 0.286. The van der Waals surface area contributed by atoms with Gasteiger partial charge in [0.1, 0.15) is 5.75 Å². The maximum absolute atomic E-state index is 14.0. The number of hydrogen-bond acceptors (Lipinski definition) is 5. The standard InChI is InChI=1S/C28H27BrN2O4/c1-31-18-21-5-2-3-6-24(21)25-28(27(31)33,17-19-7-11-22(29)12-8-19)30-26(35-25)20-9-13-23(14-10-20)34-16-4-15-32/h2-3,5-14,25,32H,4,15-18H2,1H3/t25-,28-/m0/s1. The third-order valence-corrected chi connectivity index (χ3v) is 7.01. The summed E-state index contributed by atoms with van der Waals surface area (Å²) in [5.74, 6) is 1.11. The molecule has 2 atom stereocenters. The Morgan fingerprint density at radius 2 is 1.86 bits per heavy atom. The van der Waals surface area contributed by atoms with Gasteiger partial charge in [0.05, 0.1) is 6.61 Å². The van der Waals surface area contributed by atoms with Crippen LogP contribution in [0.2, 0.25) is 0 Å². The van der Waals surface area contributed by atoms with Crippen molar-refractivity contribution >= 4 is 27.7 Å². The zero-order valence-electron chi connectivity index (χ0n) is 19.5. The van der Waals surface area contributed by atoms with E-state index in [2.05, 4.69) is 22.0 Å². The van der Waals surface area contributed by atoms with Crippen molar-refractivity contribution in [3.05, 3.63) is 99.5 Å². The third-order valence-electron chi connectivity index (χ3n) is 6.49. The van der Waals surface area contributed by atoms with Gasteiger partial charge in [-0.1, -0.05) is 52.3 Å². The number of ether oxygens (including phenoxy) is 2. The van der Waals surface area contributed by atoms with Crippen LogP contribution < -0.4 is 4.74 Å². The molecule has 0 radical (unpaired) electrons. The van der Waals surface area contributed by atoms with Gasteiger partial charge in [-0.15, -0.1) is 0 Å². The number of aliphatic imine (C=N–C) groups is 1. The molecule has 1 N–H and O–H groups in total. The van der Waals surface area contributed by atoms with Crippen LogP contribution in [0.5, 0.6) is 5.75 Å². The number of carbonyl (C=O) groups excluding carboxylic acids is 1. The predicted molar refractivity (Wildman–Crippen MR) is 137 cm³/mol. The lowest BCUT2D eigenvalue weighted by molar-refractivity contribution is -0.138. The van der Waals surface area contributed by atoms with E-state index in [4.69, 9.17) is 19.6 Å². The van der Waals surface area contributed by atoms with Gasteiger partial charge in [-0.25, -0.2) is 4.99 Å². The summed E-state index contributed by atoms with van der Waals surface area (Å²) >= 11 is 3.50. The smallest absolute Gasteiger partial charge is 0.255 e. The SMILES string of the molecule is CN1Cc2ccccc2[C@@H]2OC(c3ccc(OCCCO)cc3)=N[C@]2(Cc2ccc(Br)cc2)C1=O. The highest BCUT2D eigenvalue weighted by atomic mass is 79.9. The first-order chi connectivity index (χ1) is 17.0. The minimum absolute atomic E-state index is 0.0550. The zero-order chi connectivity index (χ0) is 24.4. The number of halogens is 1. The van der Waals surface area contributed by atoms with E-state index in [-0.39, 0.29) is 12.5 Å². The fourth-order valence-electron chi connectivity index (χ4n) is 4.75. The second-order valence-electron chi connectivity index (χ2n) is 8.95. The molecular formula is C28H27BrN2O4. The topological polar surface area (TPSA) is 71.4 Å². The monoisotopic (exact) mass is 534 g/mol. The van der Waals surface area contributed by atoms with E-state index >= 15 is 0 Å². The van der Waals surface area contributed by atoms with Crippen molar-refractivity contribution in [1.82, 2.24) is 4.90 Å². The predicted octanol–water partition coefficient (Wildman–Crippen LogP) is 4.68. The van der Waals surface area contributed by atoms with Gasteiger partial charge in [-0.3, -0.25) is 4.79 Å². The largest absolute Gasteiger partial charge is 0.494 e. The highest BCUT2D eigenvalue weighted by Crippen LogP contribution is 2.46. The van der Waals surface area contributed by atoms with Crippen LogP contribution in [0, 0.1) is 0 Å². The van der Waals surface area contributed by atoms with E-state index in [1.165, 1.54) is 0 Å². The van der Waals surface area contributed by atoms with Gasteiger partial charge in [0.15, 0.2) is 11.6 Å². The highest BCUT2D eigenvalue weighted by Gasteiger charge is 2.56. The van der Waals surface area contributed by atoms with Crippen LogP contribution in [0.4, 0.5) is 0 Å². The average molecular weight is 535 g/mol. The Kier molecular flexibility index (Phi) is 6.62. The molecule has 2 aliphatic heterocycles. The summed E-state index contributed by atoms with van der Waals surface area (Å²) in [7, 11) is 1.83. The molecule has 3 aromatic carbocycles. The van der Waals surface area contributed by atoms with Crippen LogP contribution in [0.15, 0.2) is 82.3 Å². The van der Waals surface area contributed by atoms with Crippen molar-refractivity contribution in [2.75, 3.05) is 20.3 Å². The molecule has 0 spiro atoms. The van der Waals surface area contributed by atoms with E-state index in [1.54, 1.807) is 4.90 Å². The summed E-state index contributed by atoms with van der Waals surface area (Å²) in [6.45, 7) is 1.06. The normalized spacial score (nSPS) is 21.0. The maximum atomic E-state index is 14.0. The number of aliphatic hydroxyl groups excluding tert-OH is 1. The minimum atomic E-state index is -1.11. The number of aliphatic hydroxyl groups is 1. The van der Waals surface area contributed by atoms with Crippen LogP contribution in [-0.2, 0) is 22.5 Å². The Morgan fingerprint density at radius 3 is 2.60 bits per heavy atom. The summed E-state index contributed by atoms with van der Waals surface area (Å²) in [6.07, 6.45) is 0.469. The molecule has 2 aliphatic rings.